The highest BCUT2D eigenvalue weighted by molar-refractivity contribution is 5.36. The molecule has 0 radical (unpaired) electrons. The third-order valence-electron chi connectivity index (χ3n) is 2.23. The monoisotopic (exact) mass is 300 g/mol. The van der Waals surface area contributed by atoms with Crippen molar-refractivity contribution in [3.63, 3.8) is 0 Å². The number of hydrogen-bond acceptors (Lipinski definition) is 0. The topological polar surface area (TPSA) is 0 Å². The van der Waals surface area contributed by atoms with Crippen molar-refractivity contribution in [1.29, 1.82) is 0 Å². The van der Waals surface area contributed by atoms with Crippen molar-refractivity contribution < 1.29 is 26.3 Å². The van der Waals surface area contributed by atoms with Gasteiger partial charge < -0.3 is 0 Å². The number of benzene rings is 1. The number of rotatable bonds is 2. The molecule has 0 heterocycles. The summed E-state index contributed by atoms with van der Waals surface area (Å²) in [6, 6.07) is 2.15. The fraction of sp³-hybridized carbons (Fsp3) is 0.571. The van der Waals surface area contributed by atoms with Crippen LogP contribution < -0.4 is 0 Å². The molecule has 1 aromatic carbocycles. The summed E-state index contributed by atoms with van der Waals surface area (Å²) in [7, 11) is 0. The molecule has 0 amide bonds. The van der Waals surface area contributed by atoms with E-state index in [-0.39, 0.29) is 5.56 Å². The van der Waals surface area contributed by atoms with Gasteiger partial charge in [0.15, 0.2) is 0 Å². The third-order valence-corrected chi connectivity index (χ3v) is 2.23. The molecule has 0 bridgehead atoms. The second-order valence-corrected chi connectivity index (χ2v) is 4.33. The summed E-state index contributed by atoms with van der Waals surface area (Å²) in [4.78, 5) is 0. The smallest absolute Gasteiger partial charge is 0.166 e. The first-order valence-corrected chi connectivity index (χ1v) is 6.35. The number of hydrogen-bond donors (Lipinski definition) is 0. The minimum atomic E-state index is -4.99. The lowest BCUT2D eigenvalue weighted by atomic mass is 10.0. The molecular weight excluding hydrogens is 282 g/mol. The molecule has 0 fully saturated rings. The fourth-order valence-electron chi connectivity index (χ4n) is 1.52. The molecule has 0 spiro atoms. The fourth-order valence-corrected chi connectivity index (χ4v) is 1.52. The normalized spacial score (nSPS) is 11.8. The van der Waals surface area contributed by atoms with E-state index in [9.17, 15) is 26.3 Å². The van der Waals surface area contributed by atoms with Crippen molar-refractivity contribution in [2.45, 2.75) is 52.4 Å². The molecule has 0 aliphatic heterocycles. The summed E-state index contributed by atoms with van der Waals surface area (Å²) in [6.45, 7) is 5.99. The quantitative estimate of drug-likeness (QED) is 0.579. The Hall–Kier alpha value is -1.20. The molecule has 0 saturated carbocycles. The summed E-state index contributed by atoms with van der Waals surface area (Å²) in [5, 5.41) is 0. The number of aryl methyl sites for hydroxylation is 1. The van der Waals surface area contributed by atoms with Crippen LogP contribution in [0.5, 0.6) is 0 Å². The van der Waals surface area contributed by atoms with E-state index in [2.05, 4.69) is 13.8 Å². The standard InChI is InChI=1S/C11H10F6.C3H8/c1-2-3-7-4-5-8(10(12,13)14)9(6-7)11(15,16)17;1-3-2/h4-6H,2-3H2,1H3;3H2,1-2H3. The van der Waals surface area contributed by atoms with Crippen LogP contribution in [0.4, 0.5) is 26.3 Å². The maximum absolute atomic E-state index is 12.5. The van der Waals surface area contributed by atoms with Crippen LogP contribution in [0.15, 0.2) is 18.2 Å². The van der Waals surface area contributed by atoms with Gasteiger partial charge in [-0.1, -0.05) is 39.7 Å². The molecular formula is C14H18F6. The Labute approximate surface area is 114 Å². The van der Waals surface area contributed by atoms with Gasteiger partial charge in [-0.05, 0) is 24.1 Å². The molecule has 0 aliphatic rings. The molecule has 1 aromatic rings. The molecule has 20 heavy (non-hydrogen) atoms. The first-order chi connectivity index (χ1) is 9.07. The maximum Gasteiger partial charge on any atom is 0.417 e. The van der Waals surface area contributed by atoms with Crippen LogP contribution in [-0.2, 0) is 18.8 Å². The van der Waals surface area contributed by atoms with Gasteiger partial charge in [-0.25, -0.2) is 0 Å². The minimum Gasteiger partial charge on any atom is -0.166 e. The highest BCUT2D eigenvalue weighted by Gasteiger charge is 2.42. The van der Waals surface area contributed by atoms with Gasteiger partial charge in [-0.2, -0.15) is 26.3 Å². The second-order valence-electron chi connectivity index (χ2n) is 4.33. The highest BCUT2D eigenvalue weighted by atomic mass is 19.4. The zero-order valence-corrected chi connectivity index (χ0v) is 11.6. The predicted molar refractivity (Wildman–Crippen MR) is 66.4 cm³/mol. The lowest BCUT2D eigenvalue weighted by Crippen LogP contribution is -2.16. The number of alkyl halides is 6. The Balaban J connectivity index is 0.00000110. The number of halogens is 6. The van der Waals surface area contributed by atoms with Gasteiger partial charge in [0.25, 0.3) is 0 Å². The van der Waals surface area contributed by atoms with Gasteiger partial charge in [-0.15, -0.1) is 0 Å². The van der Waals surface area contributed by atoms with Gasteiger partial charge in [0.05, 0.1) is 11.1 Å². The molecule has 0 atom stereocenters. The van der Waals surface area contributed by atoms with Crippen LogP contribution in [0.1, 0.15) is 50.3 Å². The Morgan fingerprint density at radius 2 is 1.25 bits per heavy atom. The first kappa shape index (κ1) is 18.8. The van der Waals surface area contributed by atoms with Crippen molar-refractivity contribution >= 4 is 0 Å². The summed E-state index contributed by atoms with van der Waals surface area (Å²) < 4.78 is 74.7. The van der Waals surface area contributed by atoms with Crippen LogP contribution in [0, 0.1) is 0 Å². The van der Waals surface area contributed by atoms with Crippen molar-refractivity contribution in [3.8, 4) is 0 Å². The third kappa shape index (κ3) is 5.84. The molecule has 0 nitrogen and oxygen atoms in total. The van der Waals surface area contributed by atoms with E-state index in [0.717, 1.165) is 6.07 Å². The van der Waals surface area contributed by atoms with Gasteiger partial charge in [0.2, 0.25) is 0 Å². The SMILES string of the molecule is CCC.CCCc1ccc(C(F)(F)F)c(C(F)(F)F)c1. The molecule has 0 N–H and O–H groups in total. The molecule has 0 unspecified atom stereocenters. The lowest BCUT2D eigenvalue weighted by molar-refractivity contribution is -0.162. The van der Waals surface area contributed by atoms with Crippen LogP contribution in [0.25, 0.3) is 0 Å². The summed E-state index contributed by atoms with van der Waals surface area (Å²) in [6.07, 6.45) is -7.84. The average Bonchev–Trinajstić information content (AvgIpc) is 2.27. The van der Waals surface area contributed by atoms with E-state index in [1.165, 1.54) is 6.42 Å². The predicted octanol–water partition coefficient (Wildman–Crippen LogP) is 6.09. The summed E-state index contributed by atoms with van der Waals surface area (Å²) in [5.41, 5.74) is -2.99. The van der Waals surface area contributed by atoms with Gasteiger partial charge in [0, 0.05) is 0 Å². The maximum atomic E-state index is 12.5. The Kier molecular flexibility index (Phi) is 7.09. The zero-order chi connectivity index (χ0) is 16.0. The Morgan fingerprint density at radius 3 is 1.60 bits per heavy atom. The van der Waals surface area contributed by atoms with Gasteiger partial charge >= 0.3 is 12.4 Å². The van der Waals surface area contributed by atoms with Gasteiger partial charge in [-0.3, -0.25) is 0 Å². The highest BCUT2D eigenvalue weighted by Crippen LogP contribution is 2.40. The van der Waals surface area contributed by atoms with E-state index in [1.54, 1.807) is 6.92 Å². The molecule has 6 heteroatoms. The zero-order valence-electron chi connectivity index (χ0n) is 11.6. The lowest BCUT2D eigenvalue weighted by Gasteiger charge is -2.16. The molecule has 0 saturated heterocycles. The average molecular weight is 300 g/mol. The van der Waals surface area contributed by atoms with E-state index in [0.29, 0.717) is 25.0 Å². The van der Waals surface area contributed by atoms with Crippen molar-refractivity contribution in [2.75, 3.05) is 0 Å². The Morgan fingerprint density at radius 1 is 0.800 bits per heavy atom. The van der Waals surface area contributed by atoms with E-state index in [1.807, 2.05) is 0 Å². The molecule has 0 aliphatic carbocycles. The van der Waals surface area contributed by atoms with Crippen molar-refractivity contribution in [3.05, 3.63) is 34.9 Å². The molecule has 116 valence electrons. The summed E-state index contributed by atoms with van der Waals surface area (Å²) >= 11 is 0. The van der Waals surface area contributed by atoms with E-state index < -0.39 is 23.5 Å². The van der Waals surface area contributed by atoms with Crippen molar-refractivity contribution in [2.24, 2.45) is 0 Å². The largest absolute Gasteiger partial charge is 0.417 e. The van der Waals surface area contributed by atoms with Crippen molar-refractivity contribution in [1.82, 2.24) is 0 Å². The molecule has 0 aromatic heterocycles. The second kappa shape index (κ2) is 7.55. The Bertz CT molecular complexity index is 403. The van der Waals surface area contributed by atoms with Crippen LogP contribution in [-0.4, -0.2) is 0 Å². The summed E-state index contributed by atoms with van der Waals surface area (Å²) in [5.74, 6) is 0. The van der Waals surface area contributed by atoms with Crippen LogP contribution in [0.2, 0.25) is 0 Å². The first-order valence-electron chi connectivity index (χ1n) is 6.35. The van der Waals surface area contributed by atoms with Gasteiger partial charge in [0.1, 0.15) is 0 Å². The van der Waals surface area contributed by atoms with Crippen LogP contribution >= 0.6 is 0 Å². The molecule has 1 rings (SSSR count). The van der Waals surface area contributed by atoms with E-state index >= 15 is 0 Å². The minimum absolute atomic E-state index is 0.257. The van der Waals surface area contributed by atoms with Crippen LogP contribution in [0.3, 0.4) is 0 Å². The van der Waals surface area contributed by atoms with E-state index in [4.69, 9.17) is 0 Å².